The molecule has 2 unspecified atom stereocenters. The van der Waals surface area contributed by atoms with Crippen LogP contribution in [0.4, 0.5) is 0 Å². The minimum Gasteiger partial charge on any atom is -0.389 e. The summed E-state index contributed by atoms with van der Waals surface area (Å²) in [5, 5.41) is 10.3. The van der Waals surface area contributed by atoms with E-state index in [0.29, 0.717) is 6.61 Å². The van der Waals surface area contributed by atoms with Crippen molar-refractivity contribution in [1.29, 1.82) is 0 Å². The predicted molar refractivity (Wildman–Crippen MR) is 68.2 cm³/mol. The molecule has 1 aliphatic rings. The Morgan fingerprint density at radius 2 is 2.00 bits per heavy atom. The summed E-state index contributed by atoms with van der Waals surface area (Å²) in [5.74, 6) is 0. The third-order valence-corrected chi connectivity index (χ3v) is 3.79. The summed E-state index contributed by atoms with van der Waals surface area (Å²) in [4.78, 5) is 2.33. The number of aliphatic hydroxyl groups excluding tert-OH is 1. The molecule has 0 saturated carbocycles. The molecule has 1 aliphatic heterocycles. The molecule has 0 aromatic rings. The first-order chi connectivity index (χ1) is 8.15. The zero-order valence-corrected chi connectivity index (χ0v) is 11.4. The predicted octanol–water partition coefficient (Wildman–Crippen LogP) is 1.27. The maximum absolute atomic E-state index is 10.3. The first-order valence-corrected chi connectivity index (χ1v) is 6.73. The highest BCUT2D eigenvalue weighted by Gasteiger charge is 2.38. The van der Waals surface area contributed by atoms with Gasteiger partial charge in [0.1, 0.15) is 0 Å². The van der Waals surface area contributed by atoms with Crippen molar-refractivity contribution in [2.45, 2.75) is 45.3 Å². The summed E-state index contributed by atoms with van der Waals surface area (Å²) in [6.07, 6.45) is 1.48. The second-order valence-electron chi connectivity index (χ2n) is 4.90. The van der Waals surface area contributed by atoms with E-state index >= 15 is 0 Å². The van der Waals surface area contributed by atoms with Crippen LogP contribution < -0.4 is 0 Å². The molecule has 1 fully saturated rings. The summed E-state index contributed by atoms with van der Waals surface area (Å²) in [6.45, 7) is 10.8. The number of hydrogen-bond acceptors (Lipinski definition) is 4. The molecule has 4 heteroatoms. The summed E-state index contributed by atoms with van der Waals surface area (Å²) in [7, 11) is 0. The highest BCUT2D eigenvalue weighted by atomic mass is 16.5. The first kappa shape index (κ1) is 14.9. The van der Waals surface area contributed by atoms with Gasteiger partial charge in [0, 0.05) is 25.2 Å². The molecule has 0 aliphatic carbocycles. The maximum Gasteiger partial charge on any atom is 0.0953 e. The molecular weight excluding hydrogens is 218 g/mol. The summed E-state index contributed by atoms with van der Waals surface area (Å²) < 4.78 is 10.8. The maximum atomic E-state index is 10.3. The zero-order chi connectivity index (χ0) is 12.7. The van der Waals surface area contributed by atoms with Gasteiger partial charge in [-0.3, -0.25) is 4.90 Å². The Kier molecular flexibility index (Phi) is 6.41. The van der Waals surface area contributed by atoms with E-state index in [2.05, 4.69) is 25.7 Å². The fraction of sp³-hybridized carbons (Fsp3) is 1.00. The van der Waals surface area contributed by atoms with E-state index in [4.69, 9.17) is 9.47 Å². The number of morpholine rings is 1. The van der Waals surface area contributed by atoms with Gasteiger partial charge < -0.3 is 14.6 Å². The number of rotatable bonds is 7. The average Bonchev–Trinajstić information content (AvgIpc) is 2.39. The smallest absolute Gasteiger partial charge is 0.0953 e. The van der Waals surface area contributed by atoms with Crippen molar-refractivity contribution in [2.24, 2.45) is 0 Å². The number of nitrogens with zero attached hydrogens (tertiary/aromatic N) is 1. The van der Waals surface area contributed by atoms with Crippen LogP contribution in [0, 0.1) is 0 Å². The molecule has 2 atom stereocenters. The molecule has 0 amide bonds. The van der Waals surface area contributed by atoms with Crippen LogP contribution in [0.1, 0.15) is 33.6 Å². The quantitative estimate of drug-likeness (QED) is 0.686. The van der Waals surface area contributed by atoms with Gasteiger partial charge in [0.2, 0.25) is 0 Å². The Morgan fingerprint density at radius 1 is 1.35 bits per heavy atom. The van der Waals surface area contributed by atoms with E-state index in [1.54, 1.807) is 0 Å². The van der Waals surface area contributed by atoms with Gasteiger partial charge in [0.05, 0.1) is 25.9 Å². The van der Waals surface area contributed by atoms with Crippen LogP contribution in [-0.4, -0.2) is 61.2 Å². The Labute approximate surface area is 105 Å². The van der Waals surface area contributed by atoms with Crippen molar-refractivity contribution in [1.82, 2.24) is 4.90 Å². The van der Waals surface area contributed by atoms with Gasteiger partial charge in [-0.05, 0) is 19.8 Å². The number of hydrogen-bond donors (Lipinski definition) is 1. The van der Waals surface area contributed by atoms with Gasteiger partial charge in [-0.25, -0.2) is 0 Å². The van der Waals surface area contributed by atoms with Crippen molar-refractivity contribution >= 4 is 0 Å². The molecule has 0 bridgehead atoms. The summed E-state index contributed by atoms with van der Waals surface area (Å²) in [5.41, 5.74) is -0.197. The molecule has 17 heavy (non-hydrogen) atoms. The van der Waals surface area contributed by atoms with Crippen LogP contribution in [-0.2, 0) is 9.47 Å². The second-order valence-corrected chi connectivity index (χ2v) is 4.90. The van der Waals surface area contributed by atoms with Crippen molar-refractivity contribution in [3.8, 4) is 0 Å². The molecule has 1 heterocycles. The minimum absolute atomic E-state index is 0.197. The normalized spacial score (nSPS) is 23.3. The zero-order valence-electron chi connectivity index (χ0n) is 11.4. The van der Waals surface area contributed by atoms with E-state index < -0.39 is 6.10 Å². The van der Waals surface area contributed by atoms with Gasteiger partial charge in [0.15, 0.2) is 0 Å². The SMILES string of the molecule is CCCOCC(O)C(C)(CC)N1CCOCC1. The highest BCUT2D eigenvalue weighted by molar-refractivity contribution is 4.92. The van der Waals surface area contributed by atoms with Gasteiger partial charge >= 0.3 is 0 Å². The molecule has 0 radical (unpaired) electrons. The molecule has 0 aromatic carbocycles. The van der Waals surface area contributed by atoms with Crippen LogP contribution in [0.15, 0.2) is 0 Å². The van der Waals surface area contributed by atoms with Crippen molar-refractivity contribution in [3.05, 3.63) is 0 Å². The van der Waals surface area contributed by atoms with Crippen LogP contribution in [0.2, 0.25) is 0 Å². The van der Waals surface area contributed by atoms with E-state index in [9.17, 15) is 5.11 Å². The van der Waals surface area contributed by atoms with Crippen LogP contribution in [0.25, 0.3) is 0 Å². The van der Waals surface area contributed by atoms with Gasteiger partial charge in [-0.1, -0.05) is 13.8 Å². The Hall–Kier alpha value is -0.160. The van der Waals surface area contributed by atoms with E-state index in [1.165, 1.54) is 0 Å². The first-order valence-electron chi connectivity index (χ1n) is 6.73. The summed E-state index contributed by atoms with van der Waals surface area (Å²) in [6, 6.07) is 0. The van der Waals surface area contributed by atoms with E-state index in [1.807, 2.05) is 0 Å². The summed E-state index contributed by atoms with van der Waals surface area (Å²) >= 11 is 0. The van der Waals surface area contributed by atoms with Crippen molar-refractivity contribution in [3.63, 3.8) is 0 Å². The lowest BCUT2D eigenvalue weighted by Gasteiger charge is -2.45. The Morgan fingerprint density at radius 3 is 2.53 bits per heavy atom. The van der Waals surface area contributed by atoms with E-state index in [0.717, 1.165) is 45.8 Å². The highest BCUT2D eigenvalue weighted by Crippen LogP contribution is 2.25. The molecule has 102 valence electrons. The molecule has 1 N–H and O–H groups in total. The lowest BCUT2D eigenvalue weighted by Crippen LogP contribution is -2.59. The standard InChI is InChI=1S/C13H27NO3/c1-4-8-17-11-12(15)13(3,5-2)14-6-9-16-10-7-14/h12,15H,4-11H2,1-3H3. The molecule has 1 rings (SSSR count). The fourth-order valence-electron chi connectivity index (χ4n) is 2.26. The van der Waals surface area contributed by atoms with Gasteiger partial charge in [0.25, 0.3) is 0 Å². The Bertz CT molecular complexity index is 207. The third kappa shape index (κ3) is 3.91. The number of ether oxygens (including phenoxy) is 2. The fourth-order valence-corrected chi connectivity index (χ4v) is 2.26. The monoisotopic (exact) mass is 245 g/mol. The van der Waals surface area contributed by atoms with E-state index in [-0.39, 0.29) is 5.54 Å². The molecular formula is C13H27NO3. The molecule has 0 aromatic heterocycles. The molecule has 4 nitrogen and oxygen atoms in total. The van der Waals surface area contributed by atoms with Gasteiger partial charge in [-0.2, -0.15) is 0 Å². The third-order valence-electron chi connectivity index (χ3n) is 3.79. The lowest BCUT2D eigenvalue weighted by molar-refractivity contribution is -0.0956. The minimum atomic E-state index is -0.433. The largest absolute Gasteiger partial charge is 0.389 e. The number of aliphatic hydroxyl groups is 1. The Balaban J connectivity index is 2.52. The van der Waals surface area contributed by atoms with Gasteiger partial charge in [-0.15, -0.1) is 0 Å². The topological polar surface area (TPSA) is 41.9 Å². The van der Waals surface area contributed by atoms with Crippen LogP contribution >= 0.6 is 0 Å². The average molecular weight is 245 g/mol. The second kappa shape index (κ2) is 7.31. The molecule has 1 saturated heterocycles. The van der Waals surface area contributed by atoms with Crippen LogP contribution in [0.3, 0.4) is 0 Å². The van der Waals surface area contributed by atoms with Crippen LogP contribution in [0.5, 0.6) is 0 Å². The molecule has 0 spiro atoms. The van der Waals surface area contributed by atoms with Crippen molar-refractivity contribution in [2.75, 3.05) is 39.5 Å². The lowest BCUT2D eigenvalue weighted by atomic mass is 9.89. The van der Waals surface area contributed by atoms with Crippen molar-refractivity contribution < 1.29 is 14.6 Å².